The van der Waals surface area contributed by atoms with Crippen LogP contribution < -0.4 is 20.1 Å². The summed E-state index contributed by atoms with van der Waals surface area (Å²) in [6, 6.07) is 7.55. The van der Waals surface area contributed by atoms with E-state index in [1.54, 1.807) is 0 Å². The second kappa shape index (κ2) is 10.4. The maximum absolute atomic E-state index is 13.6. The number of fused-ring (bicyclic) bond motifs is 3. The van der Waals surface area contributed by atoms with Crippen molar-refractivity contribution in [2.75, 3.05) is 13.2 Å². The summed E-state index contributed by atoms with van der Waals surface area (Å²) in [6.07, 6.45) is -1.54. The zero-order valence-corrected chi connectivity index (χ0v) is 20.4. The van der Waals surface area contributed by atoms with E-state index in [0.717, 1.165) is 12.1 Å². The zero-order valence-electron chi connectivity index (χ0n) is 18.9. The lowest BCUT2D eigenvalue weighted by molar-refractivity contribution is -0.152. The van der Waals surface area contributed by atoms with Crippen molar-refractivity contribution in [3.63, 3.8) is 0 Å². The van der Waals surface area contributed by atoms with Gasteiger partial charge in [0.2, 0.25) is 0 Å². The van der Waals surface area contributed by atoms with Gasteiger partial charge in [0, 0.05) is 25.0 Å². The third-order valence-electron chi connectivity index (χ3n) is 6.71. The van der Waals surface area contributed by atoms with Gasteiger partial charge in [0.1, 0.15) is 23.1 Å². The van der Waals surface area contributed by atoms with Gasteiger partial charge in [-0.3, -0.25) is 9.59 Å². The molecule has 2 aromatic rings. The highest BCUT2D eigenvalue weighted by Gasteiger charge is 2.60. The third kappa shape index (κ3) is 5.51. The Morgan fingerprint density at radius 3 is 1.56 bits per heavy atom. The first-order chi connectivity index (χ1) is 17.0. The molecular weight excluding hydrogens is 521 g/mol. The van der Waals surface area contributed by atoms with Crippen LogP contribution in [0.25, 0.3) is 0 Å². The average molecular weight is 545 g/mol. The number of amides is 2. The molecule has 2 aromatic carbocycles. The van der Waals surface area contributed by atoms with Crippen LogP contribution in [-0.2, 0) is 9.59 Å². The van der Waals surface area contributed by atoms with E-state index in [4.69, 9.17) is 32.7 Å². The fourth-order valence-corrected chi connectivity index (χ4v) is 5.02. The van der Waals surface area contributed by atoms with Gasteiger partial charge < -0.3 is 30.3 Å². The molecule has 0 spiro atoms. The van der Waals surface area contributed by atoms with Crippen LogP contribution in [-0.4, -0.2) is 58.5 Å². The Morgan fingerprint density at radius 2 is 1.22 bits per heavy atom. The number of halogens is 4. The van der Waals surface area contributed by atoms with Gasteiger partial charge in [-0.15, -0.1) is 0 Å². The summed E-state index contributed by atoms with van der Waals surface area (Å²) in [5, 5.41) is 27.0. The molecule has 0 aliphatic heterocycles. The van der Waals surface area contributed by atoms with Gasteiger partial charge in [0.05, 0.1) is 33.3 Å². The molecule has 3 fully saturated rings. The zero-order chi connectivity index (χ0) is 26.1. The van der Waals surface area contributed by atoms with Crippen molar-refractivity contribution < 1.29 is 38.1 Å². The second-order valence-electron chi connectivity index (χ2n) is 9.08. The minimum absolute atomic E-state index is 0.000980. The lowest BCUT2D eigenvalue weighted by Gasteiger charge is -2.58. The normalized spacial score (nSPS) is 26.8. The molecule has 3 aliphatic rings. The Labute approximate surface area is 215 Å². The van der Waals surface area contributed by atoms with Crippen LogP contribution in [0, 0.1) is 11.6 Å². The number of carbonyl (C=O) groups is 2. The van der Waals surface area contributed by atoms with Crippen LogP contribution >= 0.6 is 23.2 Å². The number of rotatable bonds is 8. The van der Waals surface area contributed by atoms with Crippen LogP contribution in [0.15, 0.2) is 36.4 Å². The van der Waals surface area contributed by atoms with Crippen molar-refractivity contribution in [3.8, 4) is 11.5 Å². The summed E-state index contributed by atoms with van der Waals surface area (Å²) < 4.78 is 37.7. The first-order valence-electron chi connectivity index (χ1n) is 11.2. The Morgan fingerprint density at radius 1 is 0.833 bits per heavy atom. The summed E-state index contributed by atoms with van der Waals surface area (Å²) >= 11 is 11.3. The molecule has 0 radical (unpaired) electrons. The Balaban J connectivity index is 1.32. The van der Waals surface area contributed by atoms with E-state index in [9.17, 15) is 28.6 Å². The summed E-state index contributed by atoms with van der Waals surface area (Å²) in [7, 11) is 0. The van der Waals surface area contributed by atoms with Crippen molar-refractivity contribution in [2.45, 2.75) is 49.0 Å². The highest BCUT2D eigenvalue weighted by atomic mass is 35.5. The number of aliphatic hydroxyl groups excluding tert-OH is 2. The van der Waals surface area contributed by atoms with Crippen LogP contribution in [0.2, 0.25) is 10.0 Å². The topological polar surface area (TPSA) is 117 Å². The molecule has 36 heavy (non-hydrogen) atoms. The number of carbonyl (C=O) groups excluding carboxylic acids is 2. The molecule has 3 aliphatic carbocycles. The van der Waals surface area contributed by atoms with E-state index in [0.29, 0.717) is 0 Å². The average Bonchev–Trinajstić information content (AvgIpc) is 2.82. The molecule has 12 heteroatoms. The molecule has 5 rings (SSSR count). The second-order valence-corrected chi connectivity index (χ2v) is 9.89. The molecular formula is C24H24Cl2F2N2O6. The quantitative estimate of drug-likeness (QED) is 0.406. The lowest BCUT2D eigenvalue weighted by atomic mass is 9.58. The van der Waals surface area contributed by atoms with Crippen molar-refractivity contribution in [1.29, 1.82) is 0 Å². The Hall–Kier alpha value is -2.66. The van der Waals surface area contributed by atoms with Crippen LogP contribution in [0.3, 0.4) is 0 Å². The maximum atomic E-state index is 13.6. The monoisotopic (exact) mass is 544 g/mol. The molecule has 0 aromatic heterocycles. The van der Waals surface area contributed by atoms with Crippen LogP contribution in [0.1, 0.15) is 25.7 Å². The van der Waals surface area contributed by atoms with E-state index in [-0.39, 0.29) is 47.2 Å². The van der Waals surface area contributed by atoms with Gasteiger partial charge in [-0.25, -0.2) is 8.78 Å². The van der Waals surface area contributed by atoms with Crippen LogP contribution in [0.5, 0.6) is 11.5 Å². The van der Waals surface area contributed by atoms with E-state index in [1.807, 2.05) is 0 Å². The predicted molar refractivity (Wildman–Crippen MR) is 126 cm³/mol. The molecule has 4 N–H and O–H groups in total. The largest absolute Gasteiger partial charge is 0.484 e. The lowest BCUT2D eigenvalue weighted by Crippen LogP contribution is -2.75. The van der Waals surface area contributed by atoms with E-state index < -0.39 is 59.9 Å². The Bertz CT molecular complexity index is 1080. The minimum atomic E-state index is -1.10. The molecule has 0 heterocycles. The number of hydrogen-bond donors (Lipinski definition) is 4. The third-order valence-corrected chi connectivity index (χ3v) is 7.32. The van der Waals surface area contributed by atoms with Gasteiger partial charge in [-0.05, 0) is 37.1 Å². The SMILES string of the molecule is O=C(COc1ccc(Cl)c(F)c1)NC12CC[C@@](NC(=O)COc3ccc(Cl)c(F)c3)(C[C@@H]1O)[C@@H](O)C2. The van der Waals surface area contributed by atoms with Crippen molar-refractivity contribution >= 4 is 35.0 Å². The maximum Gasteiger partial charge on any atom is 0.258 e. The van der Waals surface area contributed by atoms with Gasteiger partial charge >= 0.3 is 0 Å². The highest BCUT2D eigenvalue weighted by molar-refractivity contribution is 6.31. The van der Waals surface area contributed by atoms with Gasteiger partial charge in [-0.2, -0.15) is 0 Å². The minimum Gasteiger partial charge on any atom is -0.484 e. The number of benzene rings is 2. The fourth-order valence-electron chi connectivity index (χ4n) is 4.79. The number of aliphatic hydroxyl groups is 2. The smallest absolute Gasteiger partial charge is 0.258 e. The molecule has 8 nitrogen and oxygen atoms in total. The molecule has 194 valence electrons. The summed E-state index contributed by atoms with van der Waals surface area (Å²) in [6.45, 7) is -0.869. The summed E-state index contributed by atoms with van der Waals surface area (Å²) in [5.74, 6) is -2.26. The predicted octanol–water partition coefficient (Wildman–Crippen LogP) is 2.75. The van der Waals surface area contributed by atoms with Crippen molar-refractivity contribution in [3.05, 3.63) is 58.1 Å². The Kier molecular flexibility index (Phi) is 7.61. The molecule has 3 saturated carbocycles. The van der Waals surface area contributed by atoms with Gasteiger partial charge in [0.25, 0.3) is 11.8 Å². The van der Waals surface area contributed by atoms with E-state index >= 15 is 0 Å². The molecule has 0 saturated heterocycles. The summed E-state index contributed by atoms with van der Waals surface area (Å²) in [4.78, 5) is 25.0. The fraction of sp³-hybridized carbons (Fsp3) is 0.417. The molecule has 1 unspecified atom stereocenters. The highest BCUT2D eigenvalue weighted by Crippen LogP contribution is 2.47. The molecule has 2 bridgehead atoms. The number of hydrogen-bond acceptors (Lipinski definition) is 6. The first-order valence-corrected chi connectivity index (χ1v) is 11.9. The van der Waals surface area contributed by atoms with Crippen LogP contribution in [0.4, 0.5) is 8.78 Å². The van der Waals surface area contributed by atoms with Gasteiger partial charge in [0.15, 0.2) is 13.2 Å². The molecule has 4 atom stereocenters. The van der Waals surface area contributed by atoms with Crippen molar-refractivity contribution in [1.82, 2.24) is 10.6 Å². The summed E-state index contributed by atoms with van der Waals surface area (Å²) in [5.41, 5.74) is -2.20. The van der Waals surface area contributed by atoms with E-state index in [2.05, 4.69) is 10.6 Å². The number of nitrogens with one attached hydrogen (secondary N) is 2. The standard InChI is InChI=1S/C24H24Cl2F2N2O6/c25-15-3-1-13(7-17(15)27)35-11-21(33)29-23-5-6-24(10-19(23)31,20(32)9-23)30-22(34)12-36-14-2-4-16(26)18(28)8-14/h1-4,7-8,19-20,31-32H,5-6,9-12H2,(H,29,33)(H,30,34)/t19-,20-,23+,24?/m0/s1. The van der Waals surface area contributed by atoms with E-state index in [1.165, 1.54) is 24.3 Å². The first kappa shape index (κ1) is 26.4. The number of ether oxygens (including phenoxy) is 2. The van der Waals surface area contributed by atoms with Gasteiger partial charge in [-0.1, -0.05) is 23.2 Å². The molecule has 2 amide bonds. The van der Waals surface area contributed by atoms with Crippen molar-refractivity contribution in [2.24, 2.45) is 0 Å².